The van der Waals surface area contributed by atoms with E-state index in [0.29, 0.717) is 17.8 Å². The number of carbonyl (C=O) groups excluding carboxylic acids is 1. The Morgan fingerprint density at radius 3 is 3.06 bits per heavy atom. The standard InChI is InChI=1S/C10H10BrN3O2/c1-3-16-10(15)7-5-12-14-8(11)4-6(2)13-9(7)14/h4-5H,3H2,1-2H3. The molecule has 2 aromatic rings. The first-order valence-corrected chi connectivity index (χ1v) is 5.60. The second kappa shape index (κ2) is 4.21. The lowest BCUT2D eigenvalue weighted by Gasteiger charge is -2.01. The van der Waals surface area contributed by atoms with E-state index in [4.69, 9.17) is 4.74 Å². The smallest absolute Gasteiger partial charge is 0.343 e. The van der Waals surface area contributed by atoms with E-state index in [-0.39, 0.29) is 0 Å². The van der Waals surface area contributed by atoms with Crippen LogP contribution >= 0.6 is 15.9 Å². The van der Waals surface area contributed by atoms with Crippen LogP contribution in [-0.2, 0) is 4.74 Å². The molecule has 0 atom stereocenters. The molecule has 0 unspecified atom stereocenters. The Morgan fingerprint density at radius 2 is 2.38 bits per heavy atom. The molecule has 0 saturated heterocycles. The normalized spacial score (nSPS) is 10.7. The van der Waals surface area contributed by atoms with Crippen LogP contribution in [0.25, 0.3) is 5.65 Å². The van der Waals surface area contributed by atoms with Crippen molar-refractivity contribution in [3.05, 3.63) is 28.1 Å². The van der Waals surface area contributed by atoms with E-state index in [0.717, 1.165) is 10.3 Å². The fourth-order valence-electron chi connectivity index (χ4n) is 1.39. The van der Waals surface area contributed by atoms with Gasteiger partial charge in [-0.3, -0.25) is 0 Å². The summed E-state index contributed by atoms with van der Waals surface area (Å²) in [5.74, 6) is -0.400. The van der Waals surface area contributed by atoms with E-state index in [2.05, 4.69) is 26.0 Å². The Hall–Kier alpha value is -1.43. The molecule has 2 rings (SSSR count). The van der Waals surface area contributed by atoms with E-state index in [1.807, 2.05) is 13.0 Å². The van der Waals surface area contributed by atoms with Crippen LogP contribution in [0.5, 0.6) is 0 Å². The number of hydrogen-bond donors (Lipinski definition) is 0. The Kier molecular flexibility index (Phi) is 2.91. The van der Waals surface area contributed by atoms with Crippen LogP contribution in [0, 0.1) is 6.92 Å². The van der Waals surface area contributed by atoms with Crippen LogP contribution in [0.3, 0.4) is 0 Å². The maximum atomic E-state index is 11.6. The van der Waals surface area contributed by atoms with Gasteiger partial charge in [-0.15, -0.1) is 0 Å². The highest BCUT2D eigenvalue weighted by atomic mass is 79.9. The Morgan fingerprint density at radius 1 is 1.62 bits per heavy atom. The highest BCUT2D eigenvalue weighted by molar-refractivity contribution is 9.10. The van der Waals surface area contributed by atoms with Crippen molar-refractivity contribution in [2.45, 2.75) is 13.8 Å². The molecule has 16 heavy (non-hydrogen) atoms. The zero-order chi connectivity index (χ0) is 11.7. The zero-order valence-electron chi connectivity index (χ0n) is 8.90. The first-order valence-electron chi connectivity index (χ1n) is 4.81. The Labute approximate surface area is 101 Å². The van der Waals surface area contributed by atoms with Crippen LogP contribution < -0.4 is 0 Å². The molecular weight excluding hydrogens is 274 g/mol. The predicted molar refractivity (Wildman–Crippen MR) is 61.4 cm³/mol. The molecule has 0 aliphatic rings. The largest absolute Gasteiger partial charge is 0.462 e. The van der Waals surface area contributed by atoms with Crippen LogP contribution in [0.15, 0.2) is 16.9 Å². The molecule has 0 spiro atoms. The first-order chi connectivity index (χ1) is 7.63. The minimum absolute atomic E-state index is 0.336. The summed E-state index contributed by atoms with van der Waals surface area (Å²) >= 11 is 3.36. The monoisotopic (exact) mass is 283 g/mol. The summed E-state index contributed by atoms with van der Waals surface area (Å²) in [5, 5.41) is 4.07. The van der Waals surface area contributed by atoms with Gasteiger partial charge >= 0.3 is 5.97 Å². The molecule has 0 fully saturated rings. The summed E-state index contributed by atoms with van der Waals surface area (Å²) in [6.45, 7) is 3.95. The minimum atomic E-state index is -0.400. The quantitative estimate of drug-likeness (QED) is 0.625. The van der Waals surface area contributed by atoms with Gasteiger partial charge in [-0.2, -0.15) is 5.10 Å². The topological polar surface area (TPSA) is 56.5 Å². The van der Waals surface area contributed by atoms with Crippen molar-refractivity contribution in [3.63, 3.8) is 0 Å². The summed E-state index contributed by atoms with van der Waals surface area (Å²) in [6.07, 6.45) is 1.46. The molecule has 0 aromatic carbocycles. The van der Waals surface area contributed by atoms with E-state index in [1.54, 1.807) is 11.4 Å². The van der Waals surface area contributed by atoms with Gasteiger partial charge in [0.2, 0.25) is 0 Å². The molecule has 0 N–H and O–H groups in total. The lowest BCUT2D eigenvalue weighted by molar-refractivity contribution is 0.0528. The molecule has 2 aromatic heterocycles. The summed E-state index contributed by atoms with van der Waals surface area (Å²) in [4.78, 5) is 15.9. The average Bonchev–Trinajstić information content (AvgIpc) is 2.61. The molecule has 0 saturated carbocycles. The van der Waals surface area contributed by atoms with E-state index in [1.165, 1.54) is 6.20 Å². The molecular formula is C10H10BrN3O2. The van der Waals surface area contributed by atoms with Crippen LogP contribution in [-0.4, -0.2) is 27.2 Å². The fourth-order valence-corrected chi connectivity index (χ4v) is 1.98. The second-order valence-corrected chi connectivity index (χ2v) is 4.05. The molecule has 5 nitrogen and oxygen atoms in total. The Bertz CT molecular complexity index is 550. The number of aromatic nitrogens is 3. The molecule has 0 amide bonds. The summed E-state index contributed by atoms with van der Waals surface area (Å²) < 4.78 is 7.24. The average molecular weight is 284 g/mol. The van der Waals surface area contributed by atoms with Gasteiger partial charge < -0.3 is 4.74 Å². The van der Waals surface area contributed by atoms with Gasteiger partial charge in [0.15, 0.2) is 5.65 Å². The van der Waals surface area contributed by atoms with Crippen molar-refractivity contribution in [2.24, 2.45) is 0 Å². The van der Waals surface area contributed by atoms with Crippen LogP contribution in [0.4, 0.5) is 0 Å². The molecule has 0 bridgehead atoms. The summed E-state index contributed by atoms with van der Waals surface area (Å²) in [5.41, 5.74) is 1.70. The van der Waals surface area contributed by atoms with Gasteiger partial charge in [-0.05, 0) is 35.8 Å². The number of hydrogen-bond acceptors (Lipinski definition) is 4. The van der Waals surface area contributed by atoms with Gasteiger partial charge in [0.25, 0.3) is 0 Å². The first kappa shape index (κ1) is 11.1. The highest BCUT2D eigenvalue weighted by Crippen LogP contribution is 2.16. The van der Waals surface area contributed by atoms with Crippen LogP contribution in [0.2, 0.25) is 0 Å². The van der Waals surface area contributed by atoms with Gasteiger partial charge in [-0.1, -0.05) is 0 Å². The third-order valence-electron chi connectivity index (χ3n) is 2.05. The number of nitrogens with zero attached hydrogens (tertiary/aromatic N) is 3. The second-order valence-electron chi connectivity index (χ2n) is 3.23. The lowest BCUT2D eigenvalue weighted by Crippen LogP contribution is -2.05. The van der Waals surface area contributed by atoms with Crippen molar-refractivity contribution in [1.29, 1.82) is 0 Å². The third-order valence-corrected chi connectivity index (χ3v) is 2.62. The van der Waals surface area contributed by atoms with Crippen molar-refractivity contribution >= 4 is 27.5 Å². The minimum Gasteiger partial charge on any atom is -0.462 e. The Balaban J connectivity index is 2.60. The number of ether oxygens (including phenoxy) is 1. The van der Waals surface area contributed by atoms with Crippen molar-refractivity contribution < 1.29 is 9.53 Å². The molecule has 0 aliphatic heterocycles. The number of fused-ring (bicyclic) bond motifs is 1. The van der Waals surface area contributed by atoms with E-state index in [9.17, 15) is 4.79 Å². The van der Waals surface area contributed by atoms with Crippen LogP contribution in [0.1, 0.15) is 23.0 Å². The maximum Gasteiger partial charge on any atom is 0.343 e. The number of aryl methyl sites for hydroxylation is 1. The fraction of sp³-hybridized carbons (Fsp3) is 0.300. The highest BCUT2D eigenvalue weighted by Gasteiger charge is 2.16. The molecule has 0 radical (unpaired) electrons. The number of rotatable bonds is 2. The zero-order valence-corrected chi connectivity index (χ0v) is 10.5. The lowest BCUT2D eigenvalue weighted by atomic mass is 10.3. The maximum absolute atomic E-state index is 11.6. The summed E-state index contributed by atoms with van der Waals surface area (Å²) in [7, 11) is 0. The molecule has 6 heteroatoms. The third kappa shape index (κ3) is 1.80. The molecule has 0 aliphatic carbocycles. The SMILES string of the molecule is CCOC(=O)c1cnn2c(Br)cc(C)nc12. The van der Waals surface area contributed by atoms with Crippen molar-refractivity contribution in [2.75, 3.05) is 6.61 Å². The number of esters is 1. The van der Waals surface area contributed by atoms with Gasteiger partial charge in [0.1, 0.15) is 10.2 Å². The van der Waals surface area contributed by atoms with E-state index >= 15 is 0 Å². The summed E-state index contributed by atoms with van der Waals surface area (Å²) in [6, 6.07) is 1.83. The van der Waals surface area contributed by atoms with Gasteiger partial charge in [-0.25, -0.2) is 14.3 Å². The number of halogens is 1. The molecule has 84 valence electrons. The predicted octanol–water partition coefficient (Wildman–Crippen LogP) is 1.98. The van der Waals surface area contributed by atoms with Gasteiger partial charge in [0.05, 0.1) is 12.8 Å². The van der Waals surface area contributed by atoms with E-state index < -0.39 is 5.97 Å². The van der Waals surface area contributed by atoms with Crippen molar-refractivity contribution in [3.8, 4) is 0 Å². The van der Waals surface area contributed by atoms with Gasteiger partial charge in [0, 0.05) is 5.69 Å². The van der Waals surface area contributed by atoms with Crippen molar-refractivity contribution in [1.82, 2.24) is 14.6 Å². The molecule has 2 heterocycles. The number of carbonyl (C=O) groups is 1.